The monoisotopic (exact) mass is 407 g/mol. The third-order valence-corrected chi connectivity index (χ3v) is 3.55. The van der Waals surface area contributed by atoms with E-state index < -0.39 is 23.9 Å². The fourth-order valence-corrected chi connectivity index (χ4v) is 2.25. The highest BCUT2D eigenvalue weighted by molar-refractivity contribution is 6.04. The van der Waals surface area contributed by atoms with Gasteiger partial charge < -0.3 is 15.8 Å². The first-order valence-corrected chi connectivity index (χ1v) is 7.83. The topological polar surface area (TPSA) is 138 Å². The minimum atomic E-state index is -4.63. The van der Waals surface area contributed by atoms with E-state index in [0.29, 0.717) is 6.07 Å². The summed E-state index contributed by atoms with van der Waals surface area (Å²) in [6, 6.07) is 4.71. The van der Waals surface area contributed by atoms with Crippen LogP contribution in [0.4, 0.5) is 23.7 Å². The van der Waals surface area contributed by atoms with Gasteiger partial charge in [0.05, 0.1) is 11.3 Å². The minimum Gasteiger partial charge on any atom is -0.389 e. The van der Waals surface area contributed by atoms with E-state index in [0.717, 1.165) is 6.20 Å². The maximum absolute atomic E-state index is 12.7. The number of nitrogens with zero attached hydrogens (tertiary/aromatic N) is 5. The molecule has 0 aromatic carbocycles. The van der Waals surface area contributed by atoms with Crippen molar-refractivity contribution in [1.82, 2.24) is 25.0 Å². The van der Waals surface area contributed by atoms with Crippen molar-refractivity contribution in [1.29, 1.82) is 0 Å². The number of pyridine rings is 2. The van der Waals surface area contributed by atoms with E-state index in [1.165, 1.54) is 36.1 Å². The zero-order valence-corrected chi connectivity index (χ0v) is 14.6. The van der Waals surface area contributed by atoms with E-state index >= 15 is 0 Å². The molecular formula is C16H12F3N7O3. The number of nitrogens with two attached hydrogens (primary N) is 1. The molecule has 2 amide bonds. The second kappa shape index (κ2) is 7.53. The number of aromatic nitrogens is 5. The number of hydrogen-bond donors (Lipinski definition) is 2. The molecule has 0 saturated carbocycles. The number of anilines is 1. The molecule has 150 valence electrons. The molecule has 0 aliphatic rings. The predicted molar refractivity (Wildman–Crippen MR) is 91.6 cm³/mol. The number of ether oxygens (including phenoxy) is 1. The molecule has 3 rings (SSSR count). The Hall–Kier alpha value is -4.03. The van der Waals surface area contributed by atoms with Crippen molar-refractivity contribution < 1.29 is 27.5 Å². The maximum Gasteiger partial charge on any atom is 0.433 e. The van der Waals surface area contributed by atoms with Crippen LogP contribution in [-0.2, 0) is 13.2 Å². The molecule has 0 saturated heterocycles. The van der Waals surface area contributed by atoms with E-state index in [1.807, 2.05) is 0 Å². The van der Waals surface area contributed by atoms with Crippen LogP contribution in [-0.4, -0.2) is 37.0 Å². The first-order chi connectivity index (χ1) is 13.6. The molecule has 3 N–H and O–H groups in total. The molecule has 29 heavy (non-hydrogen) atoms. The number of aryl methyl sites for hydroxylation is 1. The average Bonchev–Trinajstić information content (AvgIpc) is 3.01. The lowest BCUT2D eigenvalue weighted by molar-refractivity contribution is -0.141. The molecule has 3 aromatic rings. The number of nitrogens with one attached hydrogen (secondary N) is 1. The zero-order valence-electron chi connectivity index (χ0n) is 14.6. The van der Waals surface area contributed by atoms with Crippen LogP contribution in [0.25, 0.3) is 11.4 Å². The van der Waals surface area contributed by atoms with Gasteiger partial charge in [0.1, 0.15) is 5.69 Å². The number of carbonyl (C=O) groups is 2. The number of hydrogen-bond acceptors (Lipinski definition) is 7. The molecular weight excluding hydrogens is 395 g/mol. The Morgan fingerprint density at radius 3 is 2.59 bits per heavy atom. The Kier molecular flexibility index (Phi) is 5.12. The molecule has 3 aromatic heterocycles. The Morgan fingerprint density at radius 1 is 1.21 bits per heavy atom. The molecule has 3 heterocycles. The number of rotatable bonds is 4. The van der Waals surface area contributed by atoms with Crippen LogP contribution in [0.5, 0.6) is 5.88 Å². The summed E-state index contributed by atoms with van der Waals surface area (Å²) in [5.74, 6) is -0.727. The van der Waals surface area contributed by atoms with Crippen molar-refractivity contribution in [3.8, 4) is 17.3 Å². The van der Waals surface area contributed by atoms with Gasteiger partial charge in [0.2, 0.25) is 0 Å². The normalized spacial score (nSPS) is 11.2. The standard InChI is InChI=1S/C16H12F3N7O3/c1-26-14(29-15(20)28)12(24-25-26)10-3-2-8(7-22-10)13(27)23-9-4-5-21-11(6-9)16(17,18)19/h2-7H,1H3,(H2,20,28)(H,21,23,27). The van der Waals surface area contributed by atoms with Crippen molar-refractivity contribution >= 4 is 17.7 Å². The smallest absolute Gasteiger partial charge is 0.389 e. The first kappa shape index (κ1) is 19.7. The summed E-state index contributed by atoms with van der Waals surface area (Å²) < 4.78 is 44.1. The van der Waals surface area contributed by atoms with Gasteiger partial charge in [-0.25, -0.2) is 9.48 Å². The molecule has 13 heteroatoms. The Balaban J connectivity index is 1.79. The largest absolute Gasteiger partial charge is 0.433 e. The minimum absolute atomic E-state index is 0.0429. The Bertz CT molecular complexity index is 1060. The third kappa shape index (κ3) is 4.45. The van der Waals surface area contributed by atoms with Crippen LogP contribution in [0.2, 0.25) is 0 Å². The lowest BCUT2D eigenvalue weighted by Gasteiger charge is -2.09. The summed E-state index contributed by atoms with van der Waals surface area (Å²) in [6.07, 6.45) is -3.58. The predicted octanol–water partition coefficient (Wildman–Crippen LogP) is 2.00. The summed E-state index contributed by atoms with van der Waals surface area (Å²) in [5.41, 5.74) is 4.20. The summed E-state index contributed by atoms with van der Waals surface area (Å²) in [7, 11) is 1.47. The first-order valence-electron chi connectivity index (χ1n) is 7.83. The van der Waals surface area contributed by atoms with Crippen molar-refractivity contribution in [2.75, 3.05) is 5.32 Å². The van der Waals surface area contributed by atoms with Crippen molar-refractivity contribution in [3.05, 3.63) is 47.9 Å². The van der Waals surface area contributed by atoms with E-state index in [4.69, 9.17) is 10.5 Å². The van der Waals surface area contributed by atoms with Gasteiger partial charge in [-0.1, -0.05) is 5.21 Å². The third-order valence-electron chi connectivity index (χ3n) is 3.55. The van der Waals surface area contributed by atoms with Gasteiger partial charge in [-0.15, -0.1) is 5.10 Å². The van der Waals surface area contributed by atoms with Gasteiger partial charge in [-0.05, 0) is 24.3 Å². The molecule has 10 nitrogen and oxygen atoms in total. The summed E-state index contributed by atoms with van der Waals surface area (Å²) in [4.78, 5) is 30.5. The van der Waals surface area contributed by atoms with Crippen LogP contribution >= 0.6 is 0 Å². The fourth-order valence-electron chi connectivity index (χ4n) is 2.25. The number of alkyl halides is 3. The molecule has 0 fully saturated rings. The molecule has 0 spiro atoms. The van der Waals surface area contributed by atoms with E-state index in [-0.39, 0.29) is 28.5 Å². The highest BCUT2D eigenvalue weighted by Gasteiger charge is 2.32. The quantitative estimate of drug-likeness (QED) is 0.674. The second-order valence-corrected chi connectivity index (χ2v) is 5.60. The SMILES string of the molecule is Cn1nnc(-c2ccc(C(=O)Nc3ccnc(C(F)(F)F)c3)cn2)c1OC(N)=O. The summed E-state index contributed by atoms with van der Waals surface area (Å²) >= 11 is 0. The van der Waals surface area contributed by atoms with Gasteiger partial charge in [0.15, 0.2) is 5.69 Å². The lowest BCUT2D eigenvalue weighted by Crippen LogP contribution is -2.18. The lowest BCUT2D eigenvalue weighted by atomic mass is 10.2. The average molecular weight is 407 g/mol. The van der Waals surface area contributed by atoms with Crippen LogP contribution in [0, 0.1) is 0 Å². The number of amides is 2. The van der Waals surface area contributed by atoms with E-state index in [1.54, 1.807) is 0 Å². The molecule has 0 radical (unpaired) electrons. The molecule has 0 atom stereocenters. The van der Waals surface area contributed by atoms with Crippen molar-refractivity contribution in [2.24, 2.45) is 12.8 Å². The van der Waals surface area contributed by atoms with Gasteiger partial charge >= 0.3 is 12.3 Å². The summed E-state index contributed by atoms with van der Waals surface area (Å²) in [6.45, 7) is 0. The van der Waals surface area contributed by atoms with Crippen LogP contribution in [0.15, 0.2) is 36.7 Å². The van der Waals surface area contributed by atoms with Crippen LogP contribution in [0.3, 0.4) is 0 Å². The van der Waals surface area contributed by atoms with Crippen LogP contribution < -0.4 is 15.8 Å². The van der Waals surface area contributed by atoms with Gasteiger partial charge in [0, 0.05) is 25.1 Å². The number of primary amides is 1. The maximum atomic E-state index is 12.7. The Labute approximate surface area is 160 Å². The van der Waals surface area contributed by atoms with E-state index in [9.17, 15) is 22.8 Å². The number of halogens is 3. The second-order valence-electron chi connectivity index (χ2n) is 5.60. The van der Waals surface area contributed by atoms with E-state index in [2.05, 4.69) is 25.6 Å². The highest BCUT2D eigenvalue weighted by Crippen LogP contribution is 2.29. The molecule has 0 unspecified atom stereocenters. The molecule has 0 bridgehead atoms. The highest BCUT2D eigenvalue weighted by atomic mass is 19.4. The summed E-state index contributed by atoms with van der Waals surface area (Å²) in [5, 5.41) is 9.86. The molecule has 0 aliphatic heterocycles. The van der Waals surface area contributed by atoms with Crippen molar-refractivity contribution in [2.45, 2.75) is 6.18 Å². The van der Waals surface area contributed by atoms with Crippen LogP contribution in [0.1, 0.15) is 16.1 Å². The van der Waals surface area contributed by atoms with Gasteiger partial charge in [-0.2, -0.15) is 13.2 Å². The van der Waals surface area contributed by atoms with Gasteiger partial charge in [0.25, 0.3) is 11.8 Å². The van der Waals surface area contributed by atoms with Gasteiger partial charge in [-0.3, -0.25) is 14.8 Å². The fraction of sp³-hybridized carbons (Fsp3) is 0.125. The number of carbonyl (C=O) groups excluding carboxylic acids is 2. The zero-order chi connectivity index (χ0) is 21.2. The Morgan fingerprint density at radius 2 is 1.97 bits per heavy atom. The molecule has 0 aliphatic carbocycles. The van der Waals surface area contributed by atoms with Crippen molar-refractivity contribution in [3.63, 3.8) is 0 Å².